The first kappa shape index (κ1) is 13.7. The molecule has 0 bridgehead atoms. The maximum atomic E-state index is 12.4. The van der Waals surface area contributed by atoms with Gasteiger partial charge in [-0.3, -0.25) is 14.6 Å². The van der Waals surface area contributed by atoms with Crippen LogP contribution in [0.4, 0.5) is 0 Å². The van der Waals surface area contributed by atoms with Crippen LogP contribution in [0.15, 0.2) is 47.4 Å². The van der Waals surface area contributed by atoms with Crippen LogP contribution in [0, 0.1) is 6.92 Å². The SMILES string of the molecule is Cc1cc2c(c(=O)[nH]1)C(c1ccc3ncccc3c1)CC(=O)O2. The minimum absolute atomic E-state index is 0.158. The molecule has 1 N–H and O–H groups in total. The molecule has 0 saturated heterocycles. The maximum Gasteiger partial charge on any atom is 0.312 e. The molecule has 1 aromatic carbocycles. The summed E-state index contributed by atoms with van der Waals surface area (Å²) >= 11 is 0. The summed E-state index contributed by atoms with van der Waals surface area (Å²) in [4.78, 5) is 31.4. The number of hydrogen-bond acceptors (Lipinski definition) is 4. The minimum Gasteiger partial charge on any atom is -0.426 e. The van der Waals surface area contributed by atoms with E-state index in [0.717, 1.165) is 16.5 Å². The number of hydrogen-bond donors (Lipinski definition) is 1. The first-order valence-corrected chi connectivity index (χ1v) is 7.41. The van der Waals surface area contributed by atoms with Gasteiger partial charge in [0.15, 0.2) is 0 Å². The van der Waals surface area contributed by atoms with Gasteiger partial charge in [0.25, 0.3) is 5.56 Å². The Bertz CT molecular complexity index is 991. The summed E-state index contributed by atoms with van der Waals surface area (Å²) < 4.78 is 5.26. The van der Waals surface area contributed by atoms with Gasteiger partial charge in [-0.2, -0.15) is 0 Å². The van der Waals surface area contributed by atoms with Crippen LogP contribution in [0.25, 0.3) is 10.9 Å². The highest BCUT2D eigenvalue weighted by Gasteiger charge is 2.31. The van der Waals surface area contributed by atoms with E-state index in [1.807, 2.05) is 30.3 Å². The summed E-state index contributed by atoms with van der Waals surface area (Å²) in [5.74, 6) is -0.266. The molecule has 0 saturated carbocycles. The molecule has 23 heavy (non-hydrogen) atoms. The van der Waals surface area contributed by atoms with Gasteiger partial charge in [0, 0.05) is 29.3 Å². The molecule has 0 fully saturated rings. The molecular weight excluding hydrogens is 292 g/mol. The van der Waals surface area contributed by atoms with E-state index >= 15 is 0 Å². The molecule has 5 heteroatoms. The number of fused-ring (bicyclic) bond motifs is 2. The number of H-pyrrole nitrogens is 1. The molecular formula is C18H14N2O3. The topological polar surface area (TPSA) is 72.0 Å². The molecule has 1 aliphatic heterocycles. The summed E-state index contributed by atoms with van der Waals surface area (Å²) in [6, 6.07) is 11.3. The van der Waals surface area contributed by atoms with Crippen molar-refractivity contribution >= 4 is 16.9 Å². The highest BCUT2D eigenvalue weighted by molar-refractivity contribution is 5.81. The van der Waals surface area contributed by atoms with Gasteiger partial charge in [0.2, 0.25) is 0 Å². The predicted molar refractivity (Wildman–Crippen MR) is 85.6 cm³/mol. The van der Waals surface area contributed by atoms with Gasteiger partial charge in [-0.25, -0.2) is 0 Å². The number of aryl methyl sites for hydroxylation is 1. The van der Waals surface area contributed by atoms with Crippen LogP contribution in [-0.4, -0.2) is 15.9 Å². The number of carbonyl (C=O) groups is 1. The number of ether oxygens (including phenoxy) is 1. The second-order valence-electron chi connectivity index (χ2n) is 5.75. The van der Waals surface area contributed by atoms with Gasteiger partial charge in [-0.1, -0.05) is 12.1 Å². The van der Waals surface area contributed by atoms with Crippen molar-refractivity contribution in [1.29, 1.82) is 0 Å². The van der Waals surface area contributed by atoms with E-state index in [0.29, 0.717) is 17.0 Å². The Hall–Kier alpha value is -2.95. The van der Waals surface area contributed by atoms with Crippen molar-refractivity contribution in [2.75, 3.05) is 0 Å². The molecule has 1 unspecified atom stereocenters. The Balaban J connectivity index is 1.91. The van der Waals surface area contributed by atoms with Crippen molar-refractivity contribution in [2.24, 2.45) is 0 Å². The summed E-state index contributed by atoms with van der Waals surface area (Å²) in [5.41, 5.74) is 2.78. The number of aromatic nitrogens is 2. The molecule has 1 aliphatic rings. The molecule has 4 rings (SSSR count). The number of nitrogens with zero attached hydrogens (tertiary/aromatic N) is 1. The van der Waals surface area contributed by atoms with Crippen molar-refractivity contribution in [3.8, 4) is 5.75 Å². The highest BCUT2D eigenvalue weighted by atomic mass is 16.5. The lowest BCUT2D eigenvalue weighted by Gasteiger charge is -2.24. The number of aromatic amines is 1. The van der Waals surface area contributed by atoms with Crippen LogP contribution in [0.5, 0.6) is 5.75 Å². The average molecular weight is 306 g/mol. The summed E-state index contributed by atoms with van der Waals surface area (Å²) in [6.45, 7) is 1.76. The molecule has 0 radical (unpaired) electrons. The monoisotopic (exact) mass is 306 g/mol. The van der Waals surface area contributed by atoms with Gasteiger partial charge in [-0.05, 0) is 30.7 Å². The van der Waals surface area contributed by atoms with Crippen LogP contribution in [-0.2, 0) is 4.79 Å². The maximum absolute atomic E-state index is 12.4. The van der Waals surface area contributed by atoms with Crippen molar-refractivity contribution in [3.05, 3.63) is 69.8 Å². The first-order valence-electron chi connectivity index (χ1n) is 7.41. The molecule has 114 valence electrons. The van der Waals surface area contributed by atoms with Gasteiger partial charge in [0.1, 0.15) is 5.75 Å². The molecule has 0 aliphatic carbocycles. The molecule has 3 aromatic rings. The molecule has 5 nitrogen and oxygen atoms in total. The van der Waals surface area contributed by atoms with Crippen molar-refractivity contribution in [2.45, 2.75) is 19.3 Å². The summed E-state index contributed by atoms with van der Waals surface area (Å²) in [6.07, 6.45) is 1.90. The third-order valence-corrected chi connectivity index (χ3v) is 4.14. The van der Waals surface area contributed by atoms with E-state index in [1.165, 1.54) is 0 Å². The molecule has 2 aromatic heterocycles. The van der Waals surface area contributed by atoms with Crippen molar-refractivity contribution in [1.82, 2.24) is 9.97 Å². The fraction of sp³-hybridized carbons (Fsp3) is 0.167. The van der Waals surface area contributed by atoms with E-state index in [-0.39, 0.29) is 23.9 Å². The Morgan fingerprint density at radius 3 is 2.96 bits per heavy atom. The Labute approximate surface area is 131 Å². The fourth-order valence-corrected chi connectivity index (χ4v) is 3.11. The number of nitrogens with one attached hydrogen (secondary N) is 1. The predicted octanol–water partition coefficient (Wildman–Crippen LogP) is 2.67. The van der Waals surface area contributed by atoms with Crippen LogP contribution < -0.4 is 10.3 Å². The van der Waals surface area contributed by atoms with Gasteiger partial charge < -0.3 is 9.72 Å². The zero-order chi connectivity index (χ0) is 16.0. The lowest BCUT2D eigenvalue weighted by molar-refractivity contribution is -0.135. The van der Waals surface area contributed by atoms with Crippen molar-refractivity contribution < 1.29 is 9.53 Å². The quantitative estimate of drug-likeness (QED) is 0.702. The normalized spacial score (nSPS) is 16.9. The second-order valence-corrected chi connectivity index (χ2v) is 5.75. The standard InChI is InChI=1S/C18H14N2O3/c1-10-7-15-17(18(22)20-10)13(9-16(21)23-15)11-4-5-14-12(8-11)3-2-6-19-14/h2-8,13H,9H2,1H3,(H,20,22). The Morgan fingerprint density at radius 1 is 1.22 bits per heavy atom. The summed E-state index contributed by atoms with van der Waals surface area (Å²) in [7, 11) is 0. The van der Waals surface area contributed by atoms with E-state index in [2.05, 4.69) is 9.97 Å². The van der Waals surface area contributed by atoms with Crippen LogP contribution >= 0.6 is 0 Å². The smallest absolute Gasteiger partial charge is 0.312 e. The van der Waals surface area contributed by atoms with Gasteiger partial charge in [-0.15, -0.1) is 0 Å². The first-order chi connectivity index (χ1) is 11.1. The zero-order valence-corrected chi connectivity index (χ0v) is 12.5. The Kier molecular flexibility index (Phi) is 3.01. The molecule has 3 heterocycles. The zero-order valence-electron chi connectivity index (χ0n) is 12.5. The van der Waals surface area contributed by atoms with Crippen molar-refractivity contribution in [3.63, 3.8) is 0 Å². The van der Waals surface area contributed by atoms with Crippen LogP contribution in [0.3, 0.4) is 0 Å². The Morgan fingerprint density at radius 2 is 2.09 bits per heavy atom. The fourth-order valence-electron chi connectivity index (χ4n) is 3.11. The molecule has 0 spiro atoms. The van der Waals surface area contributed by atoms with Crippen LogP contribution in [0.2, 0.25) is 0 Å². The number of pyridine rings is 2. The number of benzene rings is 1. The number of esters is 1. The van der Waals surface area contributed by atoms with Gasteiger partial charge in [0.05, 0.1) is 17.5 Å². The lowest BCUT2D eigenvalue weighted by atomic mass is 9.86. The van der Waals surface area contributed by atoms with E-state index in [1.54, 1.807) is 19.2 Å². The highest BCUT2D eigenvalue weighted by Crippen LogP contribution is 2.37. The third-order valence-electron chi connectivity index (χ3n) is 4.14. The van der Waals surface area contributed by atoms with Crippen LogP contribution in [0.1, 0.15) is 29.2 Å². The molecule has 0 amide bonds. The number of rotatable bonds is 1. The van der Waals surface area contributed by atoms with E-state index in [4.69, 9.17) is 4.74 Å². The van der Waals surface area contributed by atoms with E-state index in [9.17, 15) is 9.59 Å². The third kappa shape index (κ3) is 2.30. The van der Waals surface area contributed by atoms with E-state index < -0.39 is 0 Å². The lowest BCUT2D eigenvalue weighted by Crippen LogP contribution is -2.28. The van der Waals surface area contributed by atoms with Gasteiger partial charge >= 0.3 is 5.97 Å². The summed E-state index contributed by atoms with van der Waals surface area (Å²) in [5, 5.41) is 0.981. The average Bonchev–Trinajstić information content (AvgIpc) is 2.53. The molecule has 1 atom stereocenters. The second kappa shape index (κ2) is 5.05. The number of carbonyl (C=O) groups excluding carboxylic acids is 1. The largest absolute Gasteiger partial charge is 0.426 e. The minimum atomic E-state index is -0.321.